The third-order valence-corrected chi connectivity index (χ3v) is 4.03. The van der Waals surface area contributed by atoms with E-state index >= 15 is 0 Å². The standard InChI is InChI=1S/C13H18BF2NO2/c1-7-10(16)8(6-9(15)11(7)17)14-18-12(2,3)13(4,5)19-14/h6H,17H2,1-5H3. The highest BCUT2D eigenvalue weighted by Gasteiger charge is 2.52. The lowest BCUT2D eigenvalue weighted by atomic mass is 9.77. The van der Waals surface area contributed by atoms with Crippen LogP contribution in [0.2, 0.25) is 0 Å². The summed E-state index contributed by atoms with van der Waals surface area (Å²) in [5.41, 5.74) is 4.19. The first-order chi connectivity index (χ1) is 8.57. The van der Waals surface area contributed by atoms with Crippen molar-refractivity contribution >= 4 is 18.3 Å². The van der Waals surface area contributed by atoms with Gasteiger partial charge in [-0.05, 0) is 40.7 Å². The second-order valence-corrected chi connectivity index (χ2v) is 5.89. The maximum atomic E-state index is 14.2. The molecule has 1 aromatic rings. The lowest BCUT2D eigenvalue weighted by Gasteiger charge is -2.32. The van der Waals surface area contributed by atoms with Crippen molar-refractivity contribution in [2.45, 2.75) is 45.8 Å². The fourth-order valence-electron chi connectivity index (χ4n) is 1.93. The smallest absolute Gasteiger partial charge is 0.399 e. The van der Waals surface area contributed by atoms with Crippen LogP contribution in [0.5, 0.6) is 0 Å². The summed E-state index contributed by atoms with van der Waals surface area (Å²) < 4.78 is 39.3. The molecule has 1 aromatic carbocycles. The first-order valence-corrected chi connectivity index (χ1v) is 6.16. The van der Waals surface area contributed by atoms with Crippen molar-refractivity contribution in [1.82, 2.24) is 0 Å². The van der Waals surface area contributed by atoms with E-state index in [-0.39, 0.29) is 16.7 Å². The van der Waals surface area contributed by atoms with Gasteiger partial charge in [0, 0.05) is 11.0 Å². The Morgan fingerprint density at radius 1 is 1.11 bits per heavy atom. The summed E-state index contributed by atoms with van der Waals surface area (Å²) in [5.74, 6) is -1.25. The molecule has 0 spiro atoms. The summed E-state index contributed by atoms with van der Waals surface area (Å²) in [6.45, 7) is 8.84. The second-order valence-electron chi connectivity index (χ2n) is 5.89. The zero-order valence-corrected chi connectivity index (χ0v) is 11.8. The molecule has 0 saturated carbocycles. The van der Waals surface area contributed by atoms with Crippen LogP contribution in [0.1, 0.15) is 33.3 Å². The predicted octanol–water partition coefficient (Wildman–Crippen LogP) is 2.15. The molecule has 1 heterocycles. The van der Waals surface area contributed by atoms with Crippen LogP contribution in [0.3, 0.4) is 0 Å². The molecule has 0 aromatic heterocycles. The molecule has 1 saturated heterocycles. The third kappa shape index (κ3) is 2.13. The molecule has 2 N–H and O–H groups in total. The largest absolute Gasteiger partial charge is 0.497 e. The van der Waals surface area contributed by atoms with Gasteiger partial charge in [-0.25, -0.2) is 8.78 Å². The van der Waals surface area contributed by atoms with Crippen LogP contribution < -0.4 is 11.2 Å². The zero-order valence-electron chi connectivity index (χ0n) is 11.8. The number of nitrogens with two attached hydrogens (primary N) is 1. The van der Waals surface area contributed by atoms with Crippen molar-refractivity contribution in [2.75, 3.05) is 5.73 Å². The minimum absolute atomic E-state index is 0.0443. The van der Waals surface area contributed by atoms with Gasteiger partial charge in [-0.3, -0.25) is 0 Å². The summed E-state index contributed by atoms with van der Waals surface area (Å²) in [4.78, 5) is 0. The molecule has 0 aliphatic carbocycles. The molecule has 0 unspecified atom stereocenters. The van der Waals surface area contributed by atoms with E-state index in [4.69, 9.17) is 15.0 Å². The van der Waals surface area contributed by atoms with Crippen LogP contribution in [-0.4, -0.2) is 18.3 Å². The van der Waals surface area contributed by atoms with E-state index in [0.29, 0.717) is 0 Å². The number of hydrogen-bond acceptors (Lipinski definition) is 3. The van der Waals surface area contributed by atoms with Crippen LogP contribution in [0.25, 0.3) is 0 Å². The summed E-state index contributed by atoms with van der Waals surface area (Å²) in [5, 5.41) is 0. The Hall–Kier alpha value is -1.14. The minimum atomic E-state index is -0.932. The van der Waals surface area contributed by atoms with Gasteiger partial charge in [-0.15, -0.1) is 0 Å². The fourth-order valence-corrected chi connectivity index (χ4v) is 1.93. The van der Waals surface area contributed by atoms with Gasteiger partial charge in [0.05, 0.1) is 16.9 Å². The van der Waals surface area contributed by atoms with Crippen molar-refractivity contribution in [3.8, 4) is 0 Å². The molecule has 1 fully saturated rings. The first kappa shape index (κ1) is 14.3. The van der Waals surface area contributed by atoms with E-state index < -0.39 is 30.0 Å². The number of nitrogen functional groups attached to an aromatic ring is 1. The molecule has 3 nitrogen and oxygen atoms in total. The number of anilines is 1. The normalized spacial score (nSPS) is 20.9. The fraction of sp³-hybridized carbons (Fsp3) is 0.538. The number of benzene rings is 1. The Morgan fingerprint density at radius 2 is 1.58 bits per heavy atom. The Labute approximate surface area is 112 Å². The molecule has 6 heteroatoms. The lowest BCUT2D eigenvalue weighted by molar-refractivity contribution is 0.00578. The molecule has 19 heavy (non-hydrogen) atoms. The van der Waals surface area contributed by atoms with Crippen molar-refractivity contribution in [3.63, 3.8) is 0 Å². The Balaban J connectivity index is 2.46. The summed E-state index contributed by atoms with van der Waals surface area (Å²) in [7, 11) is -0.932. The molecule has 0 bridgehead atoms. The lowest BCUT2D eigenvalue weighted by Crippen LogP contribution is -2.41. The maximum Gasteiger partial charge on any atom is 0.497 e. The van der Waals surface area contributed by atoms with Crippen LogP contribution in [0.4, 0.5) is 14.5 Å². The highest BCUT2D eigenvalue weighted by molar-refractivity contribution is 6.62. The van der Waals surface area contributed by atoms with Gasteiger partial charge in [0.2, 0.25) is 0 Å². The molecule has 0 radical (unpaired) electrons. The third-order valence-electron chi connectivity index (χ3n) is 4.03. The van der Waals surface area contributed by atoms with Gasteiger partial charge in [-0.2, -0.15) is 0 Å². The average molecular weight is 269 g/mol. The number of halogens is 2. The minimum Gasteiger partial charge on any atom is -0.399 e. The monoisotopic (exact) mass is 269 g/mol. The van der Waals surface area contributed by atoms with E-state index in [1.165, 1.54) is 6.92 Å². The molecule has 1 aliphatic heterocycles. The van der Waals surface area contributed by atoms with E-state index in [1.54, 1.807) is 0 Å². The highest BCUT2D eigenvalue weighted by atomic mass is 19.1. The Bertz CT molecular complexity index is 516. The quantitative estimate of drug-likeness (QED) is 0.627. The van der Waals surface area contributed by atoms with Gasteiger partial charge in [-0.1, -0.05) is 0 Å². The maximum absolute atomic E-state index is 14.2. The van der Waals surface area contributed by atoms with Crippen molar-refractivity contribution in [2.24, 2.45) is 0 Å². The average Bonchev–Trinajstić information content (AvgIpc) is 2.50. The van der Waals surface area contributed by atoms with Gasteiger partial charge >= 0.3 is 7.12 Å². The topological polar surface area (TPSA) is 44.5 Å². The highest BCUT2D eigenvalue weighted by Crippen LogP contribution is 2.37. The second kappa shape index (κ2) is 4.18. The molecule has 2 rings (SSSR count). The van der Waals surface area contributed by atoms with Crippen molar-refractivity contribution in [3.05, 3.63) is 23.3 Å². The summed E-state index contributed by atoms with van der Waals surface area (Å²) >= 11 is 0. The predicted molar refractivity (Wildman–Crippen MR) is 71.2 cm³/mol. The molecule has 0 amide bonds. The van der Waals surface area contributed by atoms with Gasteiger partial charge in [0.1, 0.15) is 11.6 Å². The number of rotatable bonds is 1. The summed E-state index contributed by atoms with van der Waals surface area (Å²) in [6, 6.07) is 1.04. The Kier molecular flexibility index (Phi) is 3.14. The molecule has 1 aliphatic rings. The van der Waals surface area contributed by atoms with Crippen LogP contribution in [0, 0.1) is 18.6 Å². The molecular formula is C13H18BF2NO2. The van der Waals surface area contributed by atoms with E-state index in [9.17, 15) is 8.78 Å². The van der Waals surface area contributed by atoms with Gasteiger partial charge in [0.25, 0.3) is 0 Å². The van der Waals surface area contributed by atoms with Crippen molar-refractivity contribution < 1.29 is 18.1 Å². The van der Waals surface area contributed by atoms with Crippen LogP contribution in [0.15, 0.2) is 6.07 Å². The molecular weight excluding hydrogens is 251 g/mol. The van der Waals surface area contributed by atoms with Gasteiger partial charge in [0.15, 0.2) is 0 Å². The molecule has 0 atom stereocenters. The van der Waals surface area contributed by atoms with Crippen molar-refractivity contribution in [1.29, 1.82) is 0 Å². The van der Waals surface area contributed by atoms with E-state index in [2.05, 4.69) is 0 Å². The zero-order chi connectivity index (χ0) is 14.6. The number of hydrogen-bond donors (Lipinski definition) is 1. The molecule has 104 valence electrons. The van der Waals surface area contributed by atoms with Gasteiger partial charge < -0.3 is 15.0 Å². The van der Waals surface area contributed by atoms with Crippen LogP contribution in [-0.2, 0) is 9.31 Å². The summed E-state index contributed by atoms with van der Waals surface area (Å²) in [6.07, 6.45) is 0. The van der Waals surface area contributed by atoms with E-state index in [0.717, 1.165) is 6.07 Å². The van der Waals surface area contributed by atoms with E-state index in [1.807, 2.05) is 27.7 Å². The SMILES string of the molecule is Cc1c(N)c(F)cc(B2OC(C)(C)C(C)(C)O2)c1F. The van der Waals surface area contributed by atoms with Crippen LogP contribution >= 0.6 is 0 Å². The Morgan fingerprint density at radius 3 is 2.05 bits per heavy atom. The first-order valence-electron chi connectivity index (χ1n) is 6.16.